The number of benzene rings is 3. The van der Waals surface area contributed by atoms with Crippen molar-refractivity contribution in [2.75, 3.05) is 11.2 Å². The Hall–Kier alpha value is -3.65. The number of aliphatic hydroxyl groups is 1. The third kappa shape index (κ3) is 4.68. The van der Waals surface area contributed by atoms with E-state index in [-0.39, 0.29) is 16.8 Å². The maximum atomic E-state index is 15.3. The first-order valence-electron chi connectivity index (χ1n) is 9.36. The zero-order valence-corrected chi connectivity index (χ0v) is 18.0. The molecule has 34 heavy (non-hydrogen) atoms. The summed E-state index contributed by atoms with van der Waals surface area (Å²) in [5.41, 5.74) is 8.69. The number of quaternary nitrogens is 1. The van der Waals surface area contributed by atoms with Gasteiger partial charge in [-0.2, -0.15) is 10.6 Å². The van der Waals surface area contributed by atoms with E-state index in [4.69, 9.17) is 16.9 Å². The van der Waals surface area contributed by atoms with Gasteiger partial charge >= 0.3 is 0 Å². The van der Waals surface area contributed by atoms with Gasteiger partial charge in [-0.15, -0.1) is 0 Å². The van der Waals surface area contributed by atoms with Gasteiger partial charge in [0.1, 0.15) is 35.8 Å². The highest BCUT2D eigenvalue weighted by Gasteiger charge is 2.31. The molecule has 1 unspecified atom stereocenters. The minimum absolute atomic E-state index is 0.0850. The van der Waals surface area contributed by atoms with Crippen LogP contribution in [-0.2, 0) is 11.4 Å². The van der Waals surface area contributed by atoms with Crippen LogP contribution in [0.1, 0.15) is 11.1 Å². The fraction of sp³-hybridized carbons (Fsp3) is 0.0476. The maximum absolute atomic E-state index is 15.3. The van der Waals surface area contributed by atoms with Crippen LogP contribution in [0.3, 0.4) is 0 Å². The molecule has 1 amide bonds. The van der Waals surface area contributed by atoms with Crippen molar-refractivity contribution in [2.45, 2.75) is 6.61 Å². The monoisotopic (exact) mass is 496 g/mol. The van der Waals surface area contributed by atoms with E-state index in [9.17, 15) is 28.3 Å². The topological polar surface area (TPSA) is 145 Å². The third-order valence-corrected chi connectivity index (χ3v) is 5.15. The van der Waals surface area contributed by atoms with Gasteiger partial charge in [0.15, 0.2) is 11.6 Å². The van der Waals surface area contributed by atoms with Crippen molar-refractivity contribution in [2.24, 2.45) is 5.73 Å². The zero-order chi connectivity index (χ0) is 25.4. The fourth-order valence-corrected chi connectivity index (χ4v) is 3.38. The van der Waals surface area contributed by atoms with E-state index in [1.807, 2.05) is 0 Å². The summed E-state index contributed by atoms with van der Waals surface area (Å²) in [6.07, 6.45) is 0. The van der Waals surface area contributed by atoms with E-state index >= 15 is 4.39 Å². The van der Waals surface area contributed by atoms with E-state index < -0.39 is 68.2 Å². The molecule has 0 spiro atoms. The second kappa shape index (κ2) is 9.30. The molecule has 0 aliphatic heterocycles. The quantitative estimate of drug-likeness (QED) is 0.0670. The fourth-order valence-electron chi connectivity index (χ4n) is 3.16. The SMILES string of the molecule is N=C(C(N)=O)c1ccc(-c2c(F)ccc(N[N+](O)(S)c3cc(F)cc(CO)c3)c2F)c(F)c1N. The molecule has 0 saturated carbocycles. The van der Waals surface area contributed by atoms with Gasteiger partial charge < -0.3 is 16.6 Å². The van der Waals surface area contributed by atoms with Gasteiger partial charge in [-0.05, 0) is 29.8 Å². The summed E-state index contributed by atoms with van der Waals surface area (Å²) < 4.78 is 57.0. The van der Waals surface area contributed by atoms with Gasteiger partial charge in [0, 0.05) is 27.4 Å². The molecule has 178 valence electrons. The lowest BCUT2D eigenvalue weighted by Gasteiger charge is -2.24. The first-order chi connectivity index (χ1) is 15.9. The molecule has 0 fully saturated rings. The number of nitrogens with two attached hydrogens (primary N) is 2. The van der Waals surface area contributed by atoms with Crippen molar-refractivity contribution in [1.29, 1.82) is 5.41 Å². The number of aliphatic hydroxyl groups excluding tert-OH is 1. The summed E-state index contributed by atoms with van der Waals surface area (Å²) in [6.45, 7) is -0.558. The van der Waals surface area contributed by atoms with Crippen molar-refractivity contribution < 1.29 is 32.7 Å². The lowest BCUT2D eigenvalue weighted by atomic mass is 9.98. The summed E-state index contributed by atoms with van der Waals surface area (Å²) >= 11 is 3.92. The molecule has 3 aromatic carbocycles. The predicted molar refractivity (Wildman–Crippen MR) is 121 cm³/mol. The standard InChI is InChI=1S/C21H17F4N5O3S/c22-10-5-9(8-31)6-11(7-10)30(33,34)29-15-4-3-14(23)16(18(15)25)12-1-2-13(19(26)17(12)24)20(27)21(28)32/h1-7,29,31,33-34H,8H2,(H4-,26,27,28,32)/p+1. The van der Waals surface area contributed by atoms with Gasteiger partial charge in [-0.25, -0.2) is 17.6 Å². The van der Waals surface area contributed by atoms with Crippen molar-refractivity contribution in [3.8, 4) is 11.1 Å². The number of halogens is 4. The molecule has 0 bridgehead atoms. The van der Waals surface area contributed by atoms with E-state index in [1.54, 1.807) is 0 Å². The third-order valence-electron chi connectivity index (χ3n) is 4.82. The summed E-state index contributed by atoms with van der Waals surface area (Å²) in [5.74, 6) is -5.88. The number of nitrogens with zero attached hydrogens (tertiary/aromatic N) is 1. The Bertz CT molecular complexity index is 1320. The average molecular weight is 496 g/mol. The molecule has 8 nitrogen and oxygen atoms in total. The smallest absolute Gasteiger partial charge is 0.267 e. The second-order valence-corrected chi connectivity index (χ2v) is 7.68. The molecule has 0 aliphatic carbocycles. The first-order valence-corrected chi connectivity index (χ1v) is 9.76. The van der Waals surface area contributed by atoms with Crippen LogP contribution in [0.2, 0.25) is 0 Å². The molecule has 0 aliphatic rings. The summed E-state index contributed by atoms with van der Waals surface area (Å²) in [4.78, 5) is 11.2. The Morgan fingerprint density at radius 2 is 1.76 bits per heavy atom. The number of rotatable bonds is 7. The largest absolute Gasteiger partial charge is 0.396 e. The minimum atomic E-state index is -1.62. The van der Waals surface area contributed by atoms with Gasteiger partial charge in [0.25, 0.3) is 5.91 Å². The van der Waals surface area contributed by atoms with Crippen LogP contribution >= 0.6 is 12.8 Å². The molecule has 1 atom stereocenters. The first kappa shape index (κ1) is 25.0. The van der Waals surface area contributed by atoms with Gasteiger partial charge in [0.05, 0.1) is 17.9 Å². The molecule has 8 N–H and O–H groups in total. The number of carbonyl (C=O) groups is 1. The summed E-state index contributed by atoms with van der Waals surface area (Å²) in [6, 6.07) is 6.61. The molecule has 0 heterocycles. The van der Waals surface area contributed by atoms with Gasteiger partial charge in [-0.1, -0.05) is 6.07 Å². The second-order valence-electron chi connectivity index (χ2n) is 7.10. The lowest BCUT2D eigenvalue weighted by Crippen LogP contribution is -2.42. The zero-order valence-electron chi connectivity index (χ0n) is 17.1. The molecular formula is C21H18F4N5O3S+. The van der Waals surface area contributed by atoms with Crippen molar-refractivity contribution in [3.63, 3.8) is 0 Å². The molecule has 3 rings (SSSR count). The molecule has 0 radical (unpaired) electrons. The van der Waals surface area contributed by atoms with E-state index in [2.05, 4.69) is 18.2 Å². The number of amides is 1. The van der Waals surface area contributed by atoms with Crippen LogP contribution < -0.4 is 21.1 Å². The van der Waals surface area contributed by atoms with Crippen LogP contribution in [0.4, 0.5) is 34.6 Å². The molecule has 0 aromatic heterocycles. The van der Waals surface area contributed by atoms with Crippen LogP contribution in [0.25, 0.3) is 11.1 Å². The Morgan fingerprint density at radius 3 is 2.38 bits per heavy atom. The summed E-state index contributed by atoms with van der Waals surface area (Å²) in [7, 11) is 0. The van der Waals surface area contributed by atoms with Crippen LogP contribution in [-0.4, -0.2) is 21.9 Å². The van der Waals surface area contributed by atoms with Crippen molar-refractivity contribution >= 4 is 41.5 Å². The molecule has 3 aromatic rings. The highest BCUT2D eigenvalue weighted by atomic mass is 32.1. The highest BCUT2D eigenvalue weighted by Crippen LogP contribution is 2.37. The number of nitrogen functional groups attached to an aromatic ring is 1. The molecule has 0 saturated heterocycles. The van der Waals surface area contributed by atoms with E-state index in [0.717, 1.165) is 36.4 Å². The maximum Gasteiger partial charge on any atom is 0.267 e. The number of hydrogen-bond acceptors (Lipinski definition) is 7. The van der Waals surface area contributed by atoms with Crippen LogP contribution in [0.15, 0.2) is 42.5 Å². The van der Waals surface area contributed by atoms with Crippen molar-refractivity contribution in [3.05, 3.63) is 76.9 Å². The summed E-state index contributed by atoms with van der Waals surface area (Å²) in [5, 5.41) is 27.4. The predicted octanol–water partition coefficient (Wildman–Crippen LogP) is 3.41. The number of anilines is 2. The number of primary amides is 1. The van der Waals surface area contributed by atoms with Crippen LogP contribution in [0, 0.1) is 28.7 Å². The Balaban J connectivity index is 2.09. The molecular weight excluding hydrogens is 478 g/mol. The molecule has 13 heteroatoms. The van der Waals surface area contributed by atoms with E-state index in [0.29, 0.717) is 0 Å². The Morgan fingerprint density at radius 1 is 1.09 bits per heavy atom. The average Bonchev–Trinajstić information content (AvgIpc) is 2.77. The van der Waals surface area contributed by atoms with Crippen molar-refractivity contribution in [1.82, 2.24) is 4.16 Å². The van der Waals surface area contributed by atoms with Gasteiger partial charge in [-0.3, -0.25) is 10.2 Å². The lowest BCUT2D eigenvalue weighted by molar-refractivity contribution is -0.112. The number of thiol groups is 1. The number of nitrogens with one attached hydrogen (secondary N) is 2. The van der Waals surface area contributed by atoms with E-state index in [1.165, 1.54) is 6.07 Å². The van der Waals surface area contributed by atoms with Crippen LogP contribution in [0.5, 0.6) is 0 Å². The minimum Gasteiger partial charge on any atom is -0.396 e. The van der Waals surface area contributed by atoms with Gasteiger partial charge in [0.2, 0.25) is 5.69 Å². The Labute approximate surface area is 195 Å². The highest BCUT2D eigenvalue weighted by molar-refractivity contribution is 7.79. The number of hydrogen-bond donors (Lipinski definition) is 7. The normalized spacial score (nSPS) is 12.8. The number of carbonyl (C=O) groups excluding carboxylic acids is 1. The Kier molecular flexibility index (Phi) is 6.84.